The molecular formula is C11H12ClN3. The highest BCUT2D eigenvalue weighted by Gasteiger charge is 2.04. The fraction of sp³-hybridized carbons (Fsp3) is 0.182. The third-order valence-electron chi connectivity index (χ3n) is 2.28. The van der Waals surface area contributed by atoms with Crippen LogP contribution in [0.4, 0.5) is 0 Å². The summed E-state index contributed by atoms with van der Waals surface area (Å²) in [6.45, 7) is 0.444. The topological polar surface area (TPSA) is 43.8 Å². The lowest BCUT2D eigenvalue weighted by atomic mass is 10.1. The van der Waals surface area contributed by atoms with Gasteiger partial charge >= 0.3 is 0 Å². The molecule has 15 heavy (non-hydrogen) atoms. The lowest BCUT2D eigenvalue weighted by molar-refractivity contribution is 0.771. The molecule has 0 aliphatic rings. The summed E-state index contributed by atoms with van der Waals surface area (Å²) in [5, 5.41) is 5.02. The van der Waals surface area contributed by atoms with E-state index in [-0.39, 0.29) is 0 Å². The molecule has 1 aromatic carbocycles. The molecule has 0 bridgehead atoms. The first kappa shape index (κ1) is 10.2. The van der Waals surface area contributed by atoms with Gasteiger partial charge in [0.25, 0.3) is 0 Å². The number of aromatic nitrogens is 2. The van der Waals surface area contributed by atoms with Gasteiger partial charge in [-0.25, -0.2) is 0 Å². The summed E-state index contributed by atoms with van der Waals surface area (Å²) in [4.78, 5) is 0. The zero-order valence-electron chi connectivity index (χ0n) is 8.44. The van der Waals surface area contributed by atoms with E-state index < -0.39 is 0 Å². The lowest BCUT2D eigenvalue weighted by Crippen LogP contribution is -1.97. The minimum absolute atomic E-state index is 0.444. The first-order valence-electron chi connectivity index (χ1n) is 4.69. The van der Waals surface area contributed by atoms with E-state index in [2.05, 4.69) is 5.10 Å². The molecule has 0 fully saturated rings. The van der Waals surface area contributed by atoms with Gasteiger partial charge in [0, 0.05) is 30.4 Å². The predicted molar refractivity (Wildman–Crippen MR) is 61.5 cm³/mol. The van der Waals surface area contributed by atoms with Gasteiger partial charge in [0.1, 0.15) is 0 Å². The van der Waals surface area contributed by atoms with Crippen LogP contribution < -0.4 is 5.73 Å². The third kappa shape index (κ3) is 2.03. The Bertz CT molecular complexity index is 476. The molecule has 78 valence electrons. The Morgan fingerprint density at radius 1 is 1.40 bits per heavy atom. The van der Waals surface area contributed by atoms with E-state index in [1.54, 1.807) is 4.68 Å². The third-order valence-corrected chi connectivity index (χ3v) is 2.64. The van der Waals surface area contributed by atoms with Crippen LogP contribution in [0.3, 0.4) is 0 Å². The second kappa shape index (κ2) is 4.04. The normalized spacial score (nSPS) is 10.6. The molecule has 0 radical (unpaired) electrons. The summed E-state index contributed by atoms with van der Waals surface area (Å²) >= 11 is 5.98. The van der Waals surface area contributed by atoms with Gasteiger partial charge in [-0.2, -0.15) is 5.10 Å². The molecule has 0 saturated heterocycles. The molecule has 0 aliphatic heterocycles. The Balaban J connectivity index is 2.45. The molecule has 2 aromatic rings. The van der Waals surface area contributed by atoms with Crippen molar-refractivity contribution in [2.75, 3.05) is 0 Å². The van der Waals surface area contributed by atoms with Crippen molar-refractivity contribution in [1.82, 2.24) is 9.78 Å². The molecule has 0 amide bonds. The maximum atomic E-state index is 5.98. The van der Waals surface area contributed by atoms with Gasteiger partial charge < -0.3 is 5.73 Å². The summed E-state index contributed by atoms with van der Waals surface area (Å²) < 4.78 is 1.77. The van der Waals surface area contributed by atoms with Crippen molar-refractivity contribution in [3.8, 4) is 11.3 Å². The number of rotatable bonds is 2. The minimum atomic E-state index is 0.444. The van der Waals surface area contributed by atoms with E-state index in [4.69, 9.17) is 17.3 Å². The summed E-state index contributed by atoms with van der Waals surface area (Å²) in [6.07, 6.45) is 1.91. The Kier molecular flexibility index (Phi) is 2.75. The molecule has 4 heteroatoms. The van der Waals surface area contributed by atoms with Crippen molar-refractivity contribution >= 4 is 11.6 Å². The van der Waals surface area contributed by atoms with Gasteiger partial charge in [-0.15, -0.1) is 0 Å². The molecule has 0 atom stereocenters. The lowest BCUT2D eigenvalue weighted by Gasteiger charge is -2.03. The number of benzene rings is 1. The van der Waals surface area contributed by atoms with Crippen molar-refractivity contribution in [2.45, 2.75) is 6.54 Å². The van der Waals surface area contributed by atoms with Crippen molar-refractivity contribution in [3.05, 3.63) is 41.0 Å². The maximum absolute atomic E-state index is 5.98. The van der Waals surface area contributed by atoms with Gasteiger partial charge in [0.05, 0.1) is 5.69 Å². The quantitative estimate of drug-likeness (QED) is 0.845. The molecule has 1 aromatic heterocycles. The predicted octanol–water partition coefficient (Wildman–Crippen LogP) is 2.20. The van der Waals surface area contributed by atoms with Gasteiger partial charge in [0.15, 0.2) is 0 Å². The molecule has 0 saturated carbocycles. The zero-order chi connectivity index (χ0) is 10.8. The number of halogens is 1. The van der Waals surface area contributed by atoms with Crippen LogP contribution in [-0.2, 0) is 13.6 Å². The maximum Gasteiger partial charge on any atom is 0.0923 e. The molecule has 2 N–H and O–H groups in total. The molecule has 1 heterocycles. The Hall–Kier alpha value is -1.32. The SMILES string of the molecule is Cn1ccc(-c2ccc(Cl)c(CN)c2)n1. The van der Waals surface area contributed by atoms with E-state index in [9.17, 15) is 0 Å². The van der Waals surface area contributed by atoms with Gasteiger partial charge in [0.2, 0.25) is 0 Å². The highest BCUT2D eigenvalue weighted by molar-refractivity contribution is 6.31. The molecular weight excluding hydrogens is 210 g/mol. The van der Waals surface area contributed by atoms with Crippen LogP contribution in [0.2, 0.25) is 5.02 Å². The van der Waals surface area contributed by atoms with Crippen molar-refractivity contribution < 1.29 is 0 Å². The number of aryl methyl sites for hydroxylation is 1. The summed E-state index contributed by atoms with van der Waals surface area (Å²) in [5.41, 5.74) is 8.51. The van der Waals surface area contributed by atoms with E-state index >= 15 is 0 Å². The molecule has 0 spiro atoms. The van der Waals surface area contributed by atoms with Gasteiger partial charge in [-0.05, 0) is 23.8 Å². The second-order valence-corrected chi connectivity index (χ2v) is 3.79. The van der Waals surface area contributed by atoms with E-state index in [1.807, 2.05) is 37.5 Å². The fourth-order valence-corrected chi connectivity index (χ4v) is 1.65. The minimum Gasteiger partial charge on any atom is -0.326 e. The van der Waals surface area contributed by atoms with Crippen LogP contribution in [0.5, 0.6) is 0 Å². The zero-order valence-corrected chi connectivity index (χ0v) is 9.20. The standard InChI is InChI=1S/C11H12ClN3/c1-15-5-4-11(14-15)8-2-3-10(12)9(6-8)7-13/h2-6H,7,13H2,1H3. The molecule has 3 nitrogen and oxygen atoms in total. The average Bonchev–Trinajstić information content (AvgIpc) is 2.66. The first-order valence-corrected chi connectivity index (χ1v) is 5.07. The Morgan fingerprint density at radius 3 is 2.80 bits per heavy atom. The van der Waals surface area contributed by atoms with Crippen LogP contribution in [-0.4, -0.2) is 9.78 Å². The van der Waals surface area contributed by atoms with E-state index in [1.165, 1.54) is 0 Å². The van der Waals surface area contributed by atoms with E-state index in [0.29, 0.717) is 11.6 Å². The highest BCUT2D eigenvalue weighted by atomic mass is 35.5. The van der Waals surface area contributed by atoms with Crippen molar-refractivity contribution in [3.63, 3.8) is 0 Å². The summed E-state index contributed by atoms with van der Waals surface area (Å²) in [7, 11) is 1.89. The number of hydrogen-bond donors (Lipinski definition) is 1. The smallest absolute Gasteiger partial charge is 0.0923 e. The van der Waals surface area contributed by atoms with Crippen LogP contribution >= 0.6 is 11.6 Å². The van der Waals surface area contributed by atoms with E-state index in [0.717, 1.165) is 16.8 Å². The van der Waals surface area contributed by atoms with Crippen molar-refractivity contribution in [2.24, 2.45) is 12.8 Å². The molecule has 0 aliphatic carbocycles. The fourth-order valence-electron chi connectivity index (χ4n) is 1.46. The van der Waals surface area contributed by atoms with Crippen molar-refractivity contribution in [1.29, 1.82) is 0 Å². The molecule has 0 unspecified atom stereocenters. The first-order chi connectivity index (χ1) is 7.20. The monoisotopic (exact) mass is 221 g/mol. The molecule has 2 rings (SSSR count). The van der Waals surface area contributed by atoms with Crippen LogP contribution in [0.25, 0.3) is 11.3 Å². The van der Waals surface area contributed by atoms with Gasteiger partial charge in [-0.1, -0.05) is 17.7 Å². The summed E-state index contributed by atoms with van der Waals surface area (Å²) in [5.74, 6) is 0. The van der Waals surface area contributed by atoms with Crippen LogP contribution in [0.15, 0.2) is 30.5 Å². The largest absolute Gasteiger partial charge is 0.326 e. The van der Waals surface area contributed by atoms with Crippen LogP contribution in [0.1, 0.15) is 5.56 Å². The van der Waals surface area contributed by atoms with Gasteiger partial charge in [-0.3, -0.25) is 4.68 Å². The summed E-state index contributed by atoms with van der Waals surface area (Å²) in [6, 6.07) is 7.74. The number of hydrogen-bond acceptors (Lipinski definition) is 2. The Morgan fingerprint density at radius 2 is 2.20 bits per heavy atom. The Labute approximate surface area is 93.5 Å². The second-order valence-electron chi connectivity index (χ2n) is 3.38. The van der Waals surface area contributed by atoms with Crippen LogP contribution in [0, 0.1) is 0 Å². The average molecular weight is 222 g/mol. The number of nitrogens with two attached hydrogens (primary N) is 1. The number of nitrogens with zero attached hydrogens (tertiary/aromatic N) is 2. The highest BCUT2D eigenvalue weighted by Crippen LogP contribution is 2.23.